The standard InChI is InChI=1S/C25H29N3OS5/c1-26(10-15-34-28(18-23-8-4-13-32-23)19-24-9-5-14-33-24)20-25(29)27(16-21-6-2-11-30-21)17-22-7-3-12-31-22/h2-9,11-14H,10,15-20H2,1H3. The van der Waals surface area contributed by atoms with Gasteiger partial charge in [0.25, 0.3) is 0 Å². The molecule has 0 radical (unpaired) electrons. The highest BCUT2D eigenvalue weighted by Crippen LogP contribution is 2.23. The summed E-state index contributed by atoms with van der Waals surface area (Å²) in [5.41, 5.74) is 0. The highest BCUT2D eigenvalue weighted by molar-refractivity contribution is 7.97. The van der Waals surface area contributed by atoms with Crippen molar-refractivity contribution < 1.29 is 4.79 Å². The molecule has 9 heteroatoms. The molecule has 0 atom stereocenters. The van der Waals surface area contributed by atoms with Crippen molar-refractivity contribution in [3.05, 3.63) is 89.6 Å². The van der Waals surface area contributed by atoms with E-state index in [4.69, 9.17) is 0 Å². The van der Waals surface area contributed by atoms with E-state index in [9.17, 15) is 4.79 Å². The molecule has 0 aliphatic rings. The van der Waals surface area contributed by atoms with Gasteiger partial charge in [-0.05, 0) is 52.8 Å². The number of thiophene rings is 4. The smallest absolute Gasteiger partial charge is 0.237 e. The minimum atomic E-state index is 0.184. The van der Waals surface area contributed by atoms with Crippen molar-refractivity contribution >= 4 is 63.2 Å². The summed E-state index contributed by atoms with van der Waals surface area (Å²) < 4.78 is 2.44. The van der Waals surface area contributed by atoms with Crippen LogP contribution >= 0.6 is 57.3 Å². The van der Waals surface area contributed by atoms with Gasteiger partial charge in [-0.25, -0.2) is 4.31 Å². The Morgan fingerprint density at radius 2 is 1.18 bits per heavy atom. The molecule has 1 amide bonds. The van der Waals surface area contributed by atoms with Crippen LogP contribution in [0.15, 0.2) is 70.1 Å². The van der Waals surface area contributed by atoms with Crippen LogP contribution in [0, 0.1) is 0 Å². The highest BCUT2D eigenvalue weighted by Gasteiger charge is 2.18. The molecule has 4 heterocycles. The van der Waals surface area contributed by atoms with E-state index in [-0.39, 0.29) is 5.91 Å². The predicted octanol–water partition coefficient (Wildman–Crippen LogP) is 6.74. The molecule has 0 spiro atoms. The summed E-state index contributed by atoms with van der Waals surface area (Å²) in [6.07, 6.45) is 0. The van der Waals surface area contributed by atoms with Gasteiger partial charge in [0.1, 0.15) is 0 Å². The summed E-state index contributed by atoms with van der Waals surface area (Å²) in [5.74, 6) is 1.14. The van der Waals surface area contributed by atoms with Gasteiger partial charge in [-0.2, -0.15) is 0 Å². The fourth-order valence-corrected chi connectivity index (χ4v) is 7.60. The van der Waals surface area contributed by atoms with Crippen LogP contribution in [0.2, 0.25) is 0 Å². The number of rotatable bonds is 14. The Morgan fingerprint density at radius 3 is 1.59 bits per heavy atom. The normalized spacial score (nSPS) is 11.5. The molecule has 4 aromatic heterocycles. The average molecular weight is 548 g/mol. The van der Waals surface area contributed by atoms with Gasteiger partial charge in [0, 0.05) is 44.9 Å². The number of hydrogen-bond acceptors (Lipinski definition) is 8. The Kier molecular flexibility index (Phi) is 10.2. The van der Waals surface area contributed by atoms with Crippen molar-refractivity contribution in [2.45, 2.75) is 26.2 Å². The number of hydrogen-bond donors (Lipinski definition) is 0. The first-order chi connectivity index (χ1) is 16.7. The summed E-state index contributed by atoms with van der Waals surface area (Å²) in [4.78, 5) is 22.6. The summed E-state index contributed by atoms with van der Waals surface area (Å²) in [6, 6.07) is 17.0. The molecule has 0 N–H and O–H groups in total. The van der Waals surface area contributed by atoms with Crippen LogP contribution < -0.4 is 0 Å². The third-order valence-electron chi connectivity index (χ3n) is 5.18. The Labute approximate surface area is 222 Å². The topological polar surface area (TPSA) is 26.8 Å². The van der Waals surface area contributed by atoms with E-state index in [1.54, 1.807) is 22.7 Å². The molecule has 0 aliphatic carbocycles. The van der Waals surface area contributed by atoms with E-state index in [2.05, 4.69) is 86.3 Å². The van der Waals surface area contributed by atoms with E-state index >= 15 is 0 Å². The Morgan fingerprint density at radius 1 is 0.735 bits per heavy atom. The van der Waals surface area contributed by atoms with Gasteiger partial charge < -0.3 is 4.90 Å². The summed E-state index contributed by atoms with van der Waals surface area (Å²) in [7, 11) is 2.05. The van der Waals surface area contributed by atoms with Gasteiger partial charge in [-0.15, -0.1) is 45.3 Å². The third-order valence-corrected chi connectivity index (χ3v) is 9.62. The molecule has 0 bridgehead atoms. The monoisotopic (exact) mass is 547 g/mol. The van der Waals surface area contributed by atoms with E-state index in [0.717, 1.165) is 25.4 Å². The zero-order chi connectivity index (χ0) is 23.6. The Balaban J connectivity index is 1.28. The summed E-state index contributed by atoms with van der Waals surface area (Å²) in [6.45, 7) is 4.54. The lowest BCUT2D eigenvalue weighted by Gasteiger charge is -2.26. The van der Waals surface area contributed by atoms with E-state index in [1.807, 2.05) is 39.5 Å². The van der Waals surface area contributed by atoms with Crippen LogP contribution in [0.25, 0.3) is 0 Å². The van der Waals surface area contributed by atoms with Crippen molar-refractivity contribution in [1.29, 1.82) is 0 Å². The van der Waals surface area contributed by atoms with Crippen molar-refractivity contribution in [3.8, 4) is 0 Å². The molecule has 0 aromatic carbocycles. The van der Waals surface area contributed by atoms with Gasteiger partial charge in [0.2, 0.25) is 5.91 Å². The first-order valence-corrected chi connectivity index (χ1v) is 15.6. The molecule has 0 saturated heterocycles. The fraction of sp³-hybridized carbons (Fsp3) is 0.320. The Hall–Kier alpha value is -1.46. The number of carbonyl (C=O) groups is 1. The lowest BCUT2D eigenvalue weighted by Crippen LogP contribution is -2.38. The molecule has 0 aliphatic heterocycles. The van der Waals surface area contributed by atoms with Gasteiger partial charge in [0.05, 0.1) is 19.6 Å². The zero-order valence-corrected chi connectivity index (χ0v) is 23.3. The van der Waals surface area contributed by atoms with Gasteiger partial charge in [-0.1, -0.05) is 36.2 Å². The first kappa shape index (κ1) is 25.6. The van der Waals surface area contributed by atoms with Crippen LogP contribution in [0.4, 0.5) is 0 Å². The van der Waals surface area contributed by atoms with Crippen molar-refractivity contribution in [2.24, 2.45) is 0 Å². The maximum Gasteiger partial charge on any atom is 0.237 e. The molecule has 180 valence electrons. The molecular formula is C25H29N3OS5. The van der Waals surface area contributed by atoms with Crippen LogP contribution in [-0.4, -0.2) is 45.9 Å². The molecule has 34 heavy (non-hydrogen) atoms. The van der Waals surface area contributed by atoms with Gasteiger partial charge in [-0.3, -0.25) is 9.69 Å². The average Bonchev–Trinajstić information content (AvgIpc) is 3.62. The summed E-state index contributed by atoms with van der Waals surface area (Å²) >= 11 is 8.90. The zero-order valence-electron chi connectivity index (χ0n) is 19.2. The largest absolute Gasteiger partial charge is 0.331 e. The minimum Gasteiger partial charge on any atom is -0.331 e. The van der Waals surface area contributed by atoms with Gasteiger partial charge >= 0.3 is 0 Å². The van der Waals surface area contributed by atoms with E-state index in [1.165, 1.54) is 19.5 Å². The van der Waals surface area contributed by atoms with Crippen LogP contribution in [0.1, 0.15) is 19.5 Å². The van der Waals surface area contributed by atoms with Crippen LogP contribution in [-0.2, 0) is 31.0 Å². The first-order valence-electron chi connectivity index (χ1n) is 11.1. The van der Waals surface area contributed by atoms with Gasteiger partial charge in [0.15, 0.2) is 0 Å². The molecule has 4 rings (SSSR count). The number of amides is 1. The maximum atomic E-state index is 13.2. The summed E-state index contributed by atoms with van der Waals surface area (Å²) in [5, 5.41) is 8.43. The number of nitrogens with zero attached hydrogens (tertiary/aromatic N) is 3. The second-order valence-corrected chi connectivity index (χ2v) is 13.2. The quantitative estimate of drug-likeness (QED) is 0.163. The Bertz CT molecular complexity index is 990. The van der Waals surface area contributed by atoms with Crippen LogP contribution in [0.5, 0.6) is 0 Å². The molecule has 0 saturated carbocycles. The second kappa shape index (κ2) is 13.6. The predicted molar refractivity (Wildman–Crippen MR) is 151 cm³/mol. The van der Waals surface area contributed by atoms with Crippen molar-refractivity contribution in [1.82, 2.24) is 14.1 Å². The third kappa shape index (κ3) is 8.34. The van der Waals surface area contributed by atoms with Crippen LogP contribution in [0.3, 0.4) is 0 Å². The van der Waals surface area contributed by atoms with Crippen molar-refractivity contribution in [2.75, 3.05) is 25.9 Å². The minimum absolute atomic E-state index is 0.184. The molecule has 0 unspecified atom stereocenters. The maximum absolute atomic E-state index is 13.2. The van der Waals surface area contributed by atoms with E-state index < -0.39 is 0 Å². The molecule has 0 fully saturated rings. The SMILES string of the molecule is CN(CCSN(Cc1cccs1)Cc1cccs1)CC(=O)N(Cc1cccs1)Cc1cccs1. The molecule has 4 nitrogen and oxygen atoms in total. The second-order valence-electron chi connectivity index (χ2n) is 7.94. The lowest BCUT2D eigenvalue weighted by atomic mass is 10.3. The lowest BCUT2D eigenvalue weighted by molar-refractivity contribution is -0.133. The molecular weight excluding hydrogens is 519 g/mol. The molecule has 4 aromatic rings. The fourth-order valence-electron chi connectivity index (χ4n) is 3.45. The van der Waals surface area contributed by atoms with Crippen molar-refractivity contribution in [3.63, 3.8) is 0 Å². The number of likely N-dealkylation sites (N-methyl/N-ethyl adjacent to an activating group) is 1. The highest BCUT2D eigenvalue weighted by atomic mass is 32.2. The number of carbonyl (C=O) groups excluding carboxylic acids is 1. The van der Waals surface area contributed by atoms with E-state index in [0.29, 0.717) is 19.6 Å².